The number of nitrogens with zero attached hydrogens (tertiary/aromatic N) is 2. The Bertz CT molecular complexity index is 1370. The summed E-state index contributed by atoms with van der Waals surface area (Å²) in [7, 11) is -4.07. The van der Waals surface area contributed by atoms with E-state index in [1.807, 2.05) is 71.0 Å². The maximum atomic E-state index is 14.1. The molecule has 0 aliphatic heterocycles. The van der Waals surface area contributed by atoms with Gasteiger partial charge in [0.1, 0.15) is 12.6 Å². The molecule has 1 N–H and O–H groups in total. The van der Waals surface area contributed by atoms with Gasteiger partial charge in [-0.25, -0.2) is 8.42 Å². The fraction of sp³-hybridized carbons (Fsp3) is 0.375. The summed E-state index contributed by atoms with van der Waals surface area (Å²) in [5.41, 5.74) is 3.23. The van der Waals surface area contributed by atoms with E-state index in [9.17, 15) is 18.0 Å². The molecule has 0 saturated carbocycles. The molecule has 2 amide bonds. The maximum absolute atomic E-state index is 14.1. The molecule has 214 valence electrons. The highest BCUT2D eigenvalue weighted by atomic mass is 32.2. The highest BCUT2D eigenvalue weighted by Gasteiger charge is 2.33. The van der Waals surface area contributed by atoms with Gasteiger partial charge in [-0.05, 0) is 75.4 Å². The standard InChI is InChI=1S/C32H41N3O4S/c1-6-26(5)33-32(37)30(7-2)34(21-20-27-13-9-8-10-14-27)31(36)23-35(28-15-11-12-25(4)22-28)40(38,39)29-18-16-24(3)17-19-29/h8-19,22,26,30H,6-7,20-21,23H2,1-5H3,(H,33,37)/t26-,30-/m0/s1. The van der Waals surface area contributed by atoms with Crippen molar-refractivity contribution in [1.29, 1.82) is 0 Å². The molecular formula is C32H41N3O4S. The van der Waals surface area contributed by atoms with Gasteiger partial charge >= 0.3 is 0 Å². The lowest BCUT2D eigenvalue weighted by molar-refractivity contribution is -0.139. The first kappa shape index (κ1) is 30.9. The molecule has 0 heterocycles. The Morgan fingerprint density at radius 3 is 2.12 bits per heavy atom. The van der Waals surface area contributed by atoms with Gasteiger partial charge in [-0.15, -0.1) is 0 Å². The monoisotopic (exact) mass is 563 g/mol. The zero-order valence-electron chi connectivity index (χ0n) is 24.1. The van der Waals surface area contributed by atoms with Crippen LogP contribution in [0.25, 0.3) is 0 Å². The van der Waals surface area contributed by atoms with E-state index in [0.717, 1.165) is 27.4 Å². The Hall–Kier alpha value is -3.65. The van der Waals surface area contributed by atoms with Crippen molar-refractivity contribution in [2.24, 2.45) is 0 Å². The maximum Gasteiger partial charge on any atom is 0.264 e. The number of anilines is 1. The molecule has 40 heavy (non-hydrogen) atoms. The zero-order chi connectivity index (χ0) is 29.3. The third-order valence-corrected chi connectivity index (χ3v) is 8.84. The van der Waals surface area contributed by atoms with Crippen LogP contribution in [0, 0.1) is 13.8 Å². The molecular weight excluding hydrogens is 522 g/mol. The minimum absolute atomic E-state index is 0.0432. The number of sulfonamides is 1. The second-order valence-corrected chi connectivity index (χ2v) is 12.1. The summed E-state index contributed by atoms with van der Waals surface area (Å²) in [6.45, 7) is 9.39. The van der Waals surface area contributed by atoms with E-state index in [1.165, 1.54) is 4.90 Å². The van der Waals surface area contributed by atoms with Gasteiger partial charge in [0, 0.05) is 12.6 Å². The van der Waals surface area contributed by atoms with Crippen LogP contribution in [0.2, 0.25) is 0 Å². The Morgan fingerprint density at radius 1 is 0.850 bits per heavy atom. The first-order valence-electron chi connectivity index (χ1n) is 13.9. The third kappa shape index (κ3) is 7.94. The molecule has 3 aromatic rings. The van der Waals surface area contributed by atoms with Crippen LogP contribution >= 0.6 is 0 Å². The molecule has 7 nitrogen and oxygen atoms in total. The molecule has 0 fully saturated rings. The first-order valence-corrected chi connectivity index (χ1v) is 15.3. The number of benzene rings is 3. The number of hydrogen-bond acceptors (Lipinski definition) is 4. The van der Waals surface area contributed by atoms with Gasteiger partial charge < -0.3 is 10.2 Å². The minimum atomic E-state index is -4.07. The minimum Gasteiger partial charge on any atom is -0.352 e. The number of aryl methyl sites for hydroxylation is 2. The molecule has 2 atom stereocenters. The Labute approximate surface area is 239 Å². The summed E-state index contributed by atoms with van der Waals surface area (Å²) < 4.78 is 29.0. The third-order valence-electron chi connectivity index (χ3n) is 7.05. The van der Waals surface area contributed by atoms with Gasteiger partial charge in [0.25, 0.3) is 10.0 Å². The van der Waals surface area contributed by atoms with Gasteiger partial charge in [-0.3, -0.25) is 13.9 Å². The summed E-state index contributed by atoms with van der Waals surface area (Å²) in [6.07, 6.45) is 1.70. The fourth-order valence-electron chi connectivity index (χ4n) is 4.49. The largest absolute Gasteiger partial charge is 0.352 e. The average molecular weight is 564 g/mol. The summed E-state index contributed by atoms with van der Waals surface area (Å²) in [6, 6.07) is 22.6. The summed E-state index contributed by atoms with van der Waals surface area (Å²) >= 11 is 0. The summed E-state index contributed by atoms with van der Waals surface area (Å²) in [5.74, 6) is -0.666. The van der Waals surface area contributed by atoms with Gasteiger partial charge in [-0.2, -0.15) is 0 Å². The van der Waals surface area contributed by atoms with E-state index in [-0.39, 0.29) is 23.4 Å². The highest BCUT2D eigenvalue weighted by molar-refractivity contribution is 7.92. The zero-order valence-corrected chi connectivity index (χ0v) is 24.9. The van der Waals surface area contributed by atoms with Crippen molar-refractivity contribution < 1.29 is 18.0 Å². The van der Waals surface area contributed by atoms with Crippen molar-refractivity contribution in [3.05, 3.63) is 95.6 Å². The molecule has 0 aliphatic rings. The summed E-state index contributed by atoms with van der Waals surface area (Å²) in [5, 5.41) is 3.00. The number of carbonyl (C=O) groups excluding carboxylic acids is 2. The van der Waals surface area contributed by atoms with Crippen molar-refractivity contribution in [2.75, 3.05) is 17.4 Å². The quantitative estimate of drug-likeness (QED) is 0.307. The lowest BCUT2D eigenvalue weighted by Crippen LogP contribution is -2.54. The van der Waals surface area contributed by atoms with Crippen LogP contribution in [0.5, 0.6) is 0 Å². The Morgan fingerprint density at radius 2 is 1.52 bits per heavy atom. The molecule has 0 unspecified atom stereocenters. The van der Waals surface area contributed by atoms with Crippen LogP contribution in [0.3, 0.4) is 0 Å². The average Bonchev–Trinajstić information content (AvgIpc) is 2.94. The lowest BCUT2D eigenvalue weighted by Gasteiger charge is -2.33. The van der Waals surface area contributed by atoms with Gasteiger partial charge in [-0.1, -0.05) is 74.0 Å². The second kappa shape index (κ2) is 14.1. The molecule has 8 heteroatoms. The van der Waals surface area contributed by atoms with Crippen molar-refractivity contribution in [3.63, 3.8) is 0 Å². The summed E-state index contributed by atoms with van der Waals surface area (Å²) in [4.78, 5) is 29.0. The number of rotatable bonds is 13. The predicted molar refractivity (Wildman–Crippen MR) is 161 cm³/mol. The van der Waals surface area contributed by atoms with Crippen LogP contribution in [0.1, 0.15) is 50.3 Å². The first-order chi connectivity index (χ1) is 19.1. The predicted octanol–water partition coefficient (Wildman–Crippen LogP) is 5.26. The van der Waals surface area contributed by atoms with Crippen LogP contribution in [0.15, 0.2) is 83.8 Å². The number of amides is 2. The topological polar surface area (TPSA) is 86.8 Å². The fourth-order valence-corrected chi connectivity index (χ4v) is 5.89. The second-order valence-electron chi connectivity index (χ2n) is 10.2. The molecule has 0 aliphatic carbocycles. The normalized spacial score (nSPS) is 12.8. The van der Waals surface area contributed by atoms with Gasteiger partial charge in [0.05, 0.1) is 10.6 Å². The van der Waals surface area contributed by atoms with Crippen molar-refractivity contribution in [1.82, 2.24) is 10.2 Å². The van der Waals surface area contributed by atoms with E-state index in [0.29, 0.717) is 18.5 Å². The molecule has 0 bridgehead atoms. The molecule has 3 aromatic carbocycles. The highest BCUT2D eigenvalue weighted by Crippen LogP contribution is 2.25. The number of nitrogens with one attached hydrogen (secondary N) is 1. The van der Waals surface area contributed by atoms with E-state index < -0.39 is 28.5 Å². The van der Waals surface area contributed by atoms with E-state index in [4.69, 9.17) is 0 Å². The van der Waals surface area contributed by atoms with Crippen molar-refractivity contribution in [2.45, 2.75) is 70.9 Å². The van der Waals surface area contributed by atoms with Gasteiger partial charge in [0.15, 0.2) is 0 Å². The molecule has 3 rings (SSSR count). The van der Waals surface area contributed by atoms with E-state index >= 15 is 0 Å². The lowest BCUT2D eigenvalue weighted by atomic mass is 10.1. The van der Waals surface area contributed by atoms with E-state index in [2.05, 4.69) is 5.32 Å². The van der Waals surface area contributed by atoms with Crippen LogP contribution in [-0.4, -0.2) is 50.3 Å². The Kier molecular flexibility index (Phi) is 10.9. The van der Waals surface area contributed by atoms with Gasteiger partial charge in [0.2, 0.25) is 11.8 Å². The molecule has 0 aromatic heterocycles. The SMILES string of the molecule is CC[C@H](C)NC(=O)[C@H](CC)N(CCc1ccccc1)C(=O)CN(c1cccc(C)c1)S(=O)(=O)c1ccc(C)cc1. The number of carbonyl (C=O) groups is 2. The van der Waals surface area contributed by atoms with E-state index in [1.54, 1.807) is 42.5 Å². The molecule has 0 radical (unpaired) electrons. The molecule has 0 saturated heterocycles. The van der Waals surface area contributed by atoms with Crippen LogP contribution in [-0.2, 0) is 26.0 Å². The van der Waals surface area contributed by atoms with Crippen LogP contribution < -0.4 is 9.62 Å². The number of hydrogen-bond donors (Lipinski definition) is 1. The smallest absolute Gasteiger partial charge is 0.264 e. The Balaban J connectivity index is 2.01. The molecule has 0 spiro atoms. The van der Waals surface area contributed by atoms with Crippen molar-refractivity contribution in [3.8, 4) is 0 Å². The van der Waals surface area contributed by atoms with Crippen LogP contribution in [0.4, 0.5) is 5.69 Å². The van der Waals surface area contributed by atoms with Crippen molar-refractivity contribution >= 4 is 27.5 Å².